The first-order valence-electron chi connectivity index (χ1n) is 6.52. The van der Waals surface area contributed by atoms with Crippen LogP contribution in [-0.4, -0.2) is 35.9 Å². The number of nitrogens with one attached hydrogen (secondary N) is 1. The number of ether oxygens (including phenoxy) is 1. The highest BCUT2D eigenvalue weighted by molar-refractivity contribution is 7.98. The van der Waals surface area contributed by atoms with Gasteiger partial charge in [-0.15, -0.1) is 11.8 Å². The molecule has 2 rings (SSSR count). The molecule has 1 aliphatic rings. The van der Waals surface area contributed by atoms with Crippen molar-refractivity contribution in [1.29, 1.82) is 0 Å². The predicted octanol–water partition coefficient (Wildman–Crippen LogP) is 2.10. The van der Waals surface area contributed by atoms with Gasteiger partial charge in [-0.05, 0) is 44.5 Å². The molecule has 2 heterocycles. The summed E-state index contributed by atoms with van der Waals surface area (Å²) in [6.07, 6.45) is 9.23. The fraction of sp³-hybridized carbons (Fsp3) is 0.692. The third-order valence-corrected chi connectivity index (χ3v) is 3.96. The molecule has 1 aromatic heterocycles. The van der Waals surface area contributed by atoms with Crippen molar-refractivity contribution in [3.05, 3.63) is 18.1 Å². The second-order valence-electron chi connectivity index (χ2n) is 4.57. The normalized spacial score (nSPS) is 19.9. The number of thioether (sulfide) groups is 1. The molecule has 18 heavy (non-hydrogen) atoms. The van der Waals surface area contributed by atoms with E-state index in [1.807, 2.05) is 6.26 Å². The molecule has 1 aromatic rings. The molecule has 100 valence electrons. The Hall–Kier alpha value is -0.650. The zero-order valence-corrected chi connectivity index (χ0v) is 11.7. The van der Waals surface area contributed by atoms with Crippen LogP contribution in [-0.2, 0) is 11.3 Å². The lowest BCUT2D eigenvalue weighted by atomic mass is 9.97. The quantitative estimate of drug-likeness (QED) is 0.632. The van der Waals surface area contributed by atoms with Crippen LogP contribution in [0, 0.1) is 5.92 Å². The molecule has 1 saturated heterocycles. The summed E-state index contributed by atoms with van der Waals surface area (Å²) < 4.78 is 5.72. The van der Waals surface area contributed by atoms with Gasteiger partial charge in [-0.25, -0.2) is 4.98 Å². The van der Waals surface area contributed by atoms with Gasteiger partial charge in [-0.1, -0.05) is 0 Å². The minimum atomic E-state index is 0.574. The molecule has 0 amide bonds. The van der Waals surface area contributed by atoms with Crippen LogP contribution in [0.15, 0.2) is 17.4 Å². The Morgan fingerprint density at radius 2 is 2.33 bits per heavy atom. The van der Waals surface area contributed by atoms with Gasteiger partial charge in [0.2, 0.25) is 0 Å². The van der Waals surface area contributed by atoms with Gasteiger partial charge in [-0.2, -0.15) is 0 Å². The van der Waals surface area contributed by atoms with E-state index in [0.29, 0.717) is 6.61 Å². The minimum absolute atomic E-state index is 0.574. The van der Waals surface area contributed by atoms with Gasteiger partial charge in [0.25, 0.3) is 0 Å². The molecule has 0 bridgehead atoms. The summed E-state index contributed by atoms with van der Waals surface area (Å²) in [6.45, 7) is 3.71. The Labute approximate surface area is 113 Å². The lowest BCUT2D eigenvalue weighted by Crippen LogP contribution is -2.30. The number of aromatic nitrogens is 2. The topological polar surface area (TPSA) is 47.0 Å². The van der Waals surface area contributed by atoms with E-state index < -0.39 is 0 Å². The summed E-state index contributed by atoms with van der Waals surface area (Å²) in [5.41, 5.74) is 0.951. The molecule has 0 saturated carbocycles. The molecular weight excluding hydrogens is 246 g/mol. The number of hydrogen-bond acceptors (Lipinski definition) is 5. The Kier molecular flexibility index (Phi) is 5.90. The average molecular weight is 267 g/mol. The molecule has 1 atom stereocenters. The number of nitrogens with zero attached hydrogens (tertiary/aromatic N) is 2. The van der Waals surface area contributed by atoms with Crippen molar-refractivity contribution in [2.75, 3.05) is 26.0 Å². The second kappa shape index (κ2) is 7.71. The smallest absolute Gasteiger partial charge is 0.120 e. The number of rotatable bonds is 6. The summed E-state index contributed by atoms with van der Waals surface area (Å²) in [7, 11) is 0. The van der Waals surface area contributed by atoms with Gasteiger partial charge < -0.3 is 10.1 Å². The van der Waals surface area contributed by atoms with E-state index >= 15 is 0 Å². The first kappa shape index (κ1) is 13.8. The van der Waals surface area contributed by atoms with Crippen molar-refractivity contribution in [2.45, 2.75) is 30.9 Å². The summed E-state index contributed by atoms with van der Waals surface area (Å²) >= 11 is 1.62. The monoisotopic (exact) mass is 267 g/mol. The Morgan fingerprint density at radius 1 is 1.44 bits per heavy atom. The van der Waals surface area contributed by atoms with E-state index in [2.05, 4.69) is 15.3 Å². The van der Waals surface area contributed by atoms with Gasteiger partial charge in [0.1, 0.15) is 5.03 Å². The minimum Gasteiger partial charge on any atom is -0.375 e. The maximum Gasteiger partial charge on any atom is 0.120 e. The van der Waals surface area contributed by atoms with Crippen LogP contribution < -0.4 is 5.32 Å². The van der Waals surface area contributed by atoms with Crippen LogP contribution in [0.4, 0.5) is 0 Å². The summed E-state index contributed by atoms with van der Waals surface area (Å²) in [6, 6.07) is 0. The second-order valence-corrected chi connectivity index (χ2v) is 5.36. The zero-order valence-electron chi connectivity index (χ0n) is 10.9. The SMILES string of the molecule is CSc1nccnc1COCC[C@@H]1CCCNC1. The van der Waals surface area contributed by atoms with Gasteiger partial charge in [0, 0.05) is 19.0 Å². The third kappa shape index (κ3) is 4.23. The van der Waals surface area contributed by atoms with Gasteiger partial charge in [-0.3, -0.25) is 4.98 Å². The van der Waals surface area contributed by atoms with Crippen LogP contribution >= 0.6 is 11.8 Å². The molecule has 0 aliphatic carbocycles. The largest absolute Gasteiger partial charge is 0.375 e. The highest BCUT2D eigenvalue weighted by atomic mass is 32.2. The van der Waals surface area contributed by atoms with Crippen LogP contribution in [0.5, 0.6) is 0 Å². The number of piperidine rings is 1. The van der Waals surface area contributed by atoms with Crippen molar-refractivity contribution in [1.82, 2.24) is 15.3 Å². The lowest BCUT2D eigenvalue weighted by molar-refractivity contribution is 0.0992. The van der Waals surface area contributed by atoms with E-state index in [0.717, 1.165) is 36.2 Å². The summed E-state index contributed by atoms with van der Waals surface area (Å²) in [5, 5.41) is 4.40. The molecule has 4 nitrogen and oxygen atoms in total. The molecule has 1 N–H and O–H groups in total. The van der Waals surface area contributed by atoms with Gasteiger partial charge >= 0.3 is 0 Å². The highest BCUT2D eigenvalue weighted by Crippen LogP contribution is 2.17. The Balaban J connectivity index is 1.68. The maximum absolute atomic E-state index is 5.72. The summed E-state index contributed by atoms with van der Waals surface area (Å²) in [4.78, 5) is 8.59. The molecule has 5 heteroatoms. The molecule has 0 unspecified atom stereocenters. The molecule has 0 spiro atoms. The molecule has 0 radical (unpaired) electrons. The van der Waals surface area contributed by atoms with Crippen molar-refractivity contribution < 1.29 is 4.74 Å². The highest BCUT2D eigenvalue weighted by Gasteiger charge is 2.12. The fourth-order valence-electron chi connectivity index (χ4n) is 2.21. The van der Waals surface area contributed by atoms with E-state index in [9.17, 15) is 0 Å². The van der Waals surface area contributed by atoms with E-state index in [4.69, 9.17) is 4.74 Å². The standard InChI is InChI=1S/C13H21N3OS/c1-18-13-12(15-6-7-16-13)10-17-8-4-11-3-2-5-14-9-11/h6-7,11,14H,2-5,8-10H2,1H3/t11-/m0/s1. The van der Waals surface area contributed by atoms with Crippen LogP contribution in [0.2, 0.25) is 0 Å². The van der Waals surface area contributed by atoms with Crippen molar-refractivity contribution in [3.63, 3.8) is 0 Å². The van der Waals surface area contributed by atoms with Gasteiger partial charge in [0.05, 0.1) is 12.3 Å². The van der Waals surface area contributed by atoms with E-state index in [-0.39, 0.29) is 0 Å². The third-order valence-electron chi connectivity index (χ3n) is 3.24. The Bertz CT molecular complexity index is 356. The fourth-order valence-corrected chi connectivity index (χ4v) is 2.73. The maximum atomic E-state index is 5.72. The Morgan fingerprint density at radius 3 is 3.11 bits per heavy atom. The molecule has 0 aromatic carbocycles. The van der Waals surface area contributed by atoms with Crippen molar-refractivity contribution >= 4 is 11.8 Å². The van der Waals surface area contributed by atoms with Crippen LogP contribution in [0.25, 0.3) is 0 Å². The van der Waals surface area contributed by atoms with Crippen molar-refractivity contribution in [3.8, 4) is 0 Å². The van der Waals surface area contributed by atoms with E-state index in [1.54, 1.807) is 24.2 Å². The summed E-state index contributed by atoms with van der Waals surface area (Å²) in [5.74, 6) is 0.778. The average Bonchev–Trinajstić information content (AvgIpc) is 2.45. The first-order chi connectivity index (χ1) is 8.90. The molecule has 1 aliphatic heterocycles. The van der Waals surface area contributed by atoms with E-state index in [1.165, 1.54) is 19.4 Å². The van der Waals surface area contributed by atoms with Crippen molar-refractivity contribution in [2.24, 2.45) is 5.92 Å². The van der Waals surface area contributed by atoms with Crippen LogP contribution in [0.1, 0.15) is 25.0 Å². The predicted molar refractivity (Wildman–Crippen MR) is 73.7 cm³/mol. The molecule has 1 fully saturated rings. The lowest BCUT2D eigenvalue weighted by Gasteiger charge is -2.22. The first-order valence-corrected chi connectivity index (χ1v) is 7.75. The van der Waals surface area contributed by atoms with Crippen LogP contribution in [0.3, 0.4) is 0 Å². The molecular formula is C13H21N3OS. The zero-order chi connectivity index (χ0) is 12.6. The number of hydrogen-bond donors (Lipinski definition) is 1. The van der Waals surface area contributed by atoms with Gasteiger partial charge in [0.15, 0.2) is 0 Å².